The second-order valence-electron chi connectivity index (χ2n) is 8.23. The summed E-state index contributed by atoms with van der Waals surface area (Å²) in [5.74, 6) is 1.62. The molecule has 2 N–H and O–H groups in total. The van der Waals surface area contributed by atoms with E-state index in [0.717, 1.165) is 0 Å². The highest BCUT2D eigenvalue weighted by molar-refractivity contribution is 6.62. The lowest BCUT2D eigenvalue weighted by Gasteiger charge is -2.38. The van der Waals surface area contributed by atoms with Crippen LogP contribution in [0.25, 0.3) is 0 Å². The van der Waals surface area contributed by atoms with Crippen molar-refractivity contribution in [2.45, 2.75) is 71.0 Å². The molecule has 0 unspecified atom stereocenters. The molecular weight excluding hydrogens is 331 g/mol. The third-order valence-electron chi connectivity index (χ3n) is 5.57. The molecular formula is C20H33BO5. The highest BCUT2D eigenvalue weighted by Crippen LogP contribution is 2.28. The molecule has 0 amide bonds. The van der Waals surface area contributed by atoms with E-state index in [9.17, 15) is 10.1 Å². The molecule has 0 heterocycles. The average Bonchev–Trinajstić information content (AvgIpc) is 2.59. The summed E-state index contributed by atoms with van der Waals surface area (Å²) < 4.78 is 17.3. The summed E-state index contributed by atoms with van der Waals surface area (Å²) in [6, 6.07) is 5.43. The van der Waals surface area contributed by atoms with Gasteiger partial charge in [-0.15, -0.1) is 0 Å². The van der Waals surface area contributed by atoms with Gasteiger partial charge in [0.1, 0.15) is 11.5 Å². The van der Waals surface area contributed by atoms with E-state index in [1.165, 1.54) is 32.1 Å². The van der Waals surface area contributed by atoms with Crippen LogP contribution in [0.15, 0.2) is 18.2 Å². The van der Waals surface area contributed by atoms with Crippen molar-refractivity contribution in [3.8, 4) is 11.5 Å². The molecule has 1 fully saturated rings. The molecule has 1 aromatic rings. The van der Waals surface area contributed by atoms with Crippen LogP contribution in [-0.4, -0.2) is 42.2 Å². The van der Waals surface area contributed by atoms with Crippen molar-refractivity contribution in [2.75, 3.05) is 13.7 Å². The summed E-state index contributed by atoms with van der Waals surface area (Å²) >= 11 is 0. The van der Waals surface area contributed by atoms with Crippen molar-refractivity contribution in [3.05, 3.63) is 18.2 Å². The number of rotatable bonds is 8. The first kappa shape index (κ1) is 21.1. The summed E-state index contributed by atoms with van der Waals surface area (Å²) in [5, 5.41) is 21.1. The van der Waals surface area contributed by atoms with Gasteiger partial charge in [0.2, 0.25) is 0 Å². The van der Waals surface area contributed by atoms with Gasteiger partial charge in [0, 0.05) is 0 Å². The first-order chi connectivity index (χ1) is 12.2. The van der Waals surface area contributed by atoms with Crippen LogP contribution >= 0.6 is 0 Å². The summed E-state index contributed by atoms with van der Waals surface area (Å²) in [5.41, 5.74) is -1.63. The Morgan fingerprint density at radius 2 is 1.69 bits per heavy atom. The summed E-state index contributed by atoms with van der Waals surface area (Å²) in [6.45, 7) is 7.43. The molecule has 26 heavy (non-hydrogen) atoms. The van der Waals surface area contributed by atoms with Gasteiger partial charge in [0.25, 0.3) is 0 Å². The number of benzene rings is 1. The molecule has 1 aliphatic carbocycles. The van der Waals surface area contributed by atoms with Gasteiger partial charge in [-0.2, -0.15) is 0 Å². The second-order valence-corrected chi connectivity index (χ2v) is 8.23. The summed E-state index contributed by atoms with van der Waals surface area (Å²) in [6.07, 6.45) is 6.18. The number of hydrogen-bond donors (Lipinski definition) is 2. The number of aliphatic hydroxyl groups is 1. The Balaban J connectivity index is 2.19. The molecule has 5 nitrogen and oxygen atoms in total. The fourth-order valence-corrected chi connectivity index (χ4v) is 3.11. The summed E-state index contributed by atoms with van der Waals surface area (Å²) in [4.78, 5) is 0. The Labute approximate surface area is 157 Å². The zero-order valence-corrected chi connectivity index (χ0v) is 16.7. The van der Waals surface area contributed by atoms with Crippen molar-refractivity contribution in [1.29, 1.82) is 0 Å². The van der Waals surface area contributed by atoms with Crippen LogP contribution in [0, 0.1) is 5.92 Å². The minimum absolute atomic E-state index is 0.461. The number of methoxy groups -OCH3 is 1. The van der Waals surface area contributed by atoms with Crippen LogP contribution < -0.4 is 14.9 Å². The molecule has 0 atom stereocenters. The maximum Gasteiger partial charge on any atom is 0.499 e. The van der Waals surface area contributed by atoms with Crippen LogP contribution in [0.1, 0.15) is 59.8 Å². The molecule has 0 bridgehead atoms. The average molecular weight is 364 g/mol. The largest absolute Gasteiger partial charge is 0.499 e. The molecule has 6 heteroatoms. The normalized spacial score (nSPS) is 16.4. The van der Waals surface area contributed by atoms with Gasteiger partial charge < -0.3 is 24.3 Å². The first-order valence-corrected chi connectivity index (χ1v) is 9.53. The van der Waals surface area contributed by atoms with Crippen LogP contribution in [0.4, 0.5) is 0 Å². The predicted molar refractivity (Wildman–Crippen MR) is 104 cm³/mol. The van der Waals surface area contributed by atoms with Gasteiger partial charge in [0.15, 0.2) is 0 Å². The van der Waals surface area contributed by atoms with Crippen molar-refractivity contribution in [2.24, 2.45) is 5.92 Å². The molecule has 0 spiro atoms. The maximum absolute atomic E-state index is 10.8. The van der Waals surface area contributed by atoms with Gasteiger partial charge >= 0.3 is 7.12 Å². The van der Waals surface area contributed by atoms with Crippen LogP contribution in [-0.2, 0) is 4.65 Å². The van der Waals surface area contributed by atoms with Crippen molar-refractivity contribution in [1.82, 2.24) is 0 Å². The Morgan fingerprint density at radius 1 is 1.08 bits per heavy atom. The van der Waals surface area contributed by atoms with E-state index in [4.69, 9.17) is 14.1 Å². The lowest BCUT2D eigenvalue weighted by molar-refractivity contribution is -0.0983. The van der Waals surface area contributed by atoms with Crippen LogP contribution in [0.3, 0.4) is 0 Å². The van der Waals surface area contributed by atoms with E-state index in [-0.39, 0.29) is 0 Å². The third-order valence-corrected chi connectivity index (χ3v) is 5.57. The van der Waals surface area contributed by atoms with Crippen LogP contribution in [0.5, 0.6) is 11.5 Å². The van der Waals surface area contributed by atoms with E-state index in [2.05, 4.69) is 0 Å². The fraction of sp³-hybridized carbons (Fsp3) is 0.700. The van der Waals surface area contributed by atoms with Crippen molar-refractivity contribution >= 4 is 12.6 Å². The molecule has 146 valence electrons. The zero-order chi connectivity index (χ0) is 19.4. The Morgan fingerprint density at radius 3 is 2.27 bits per heavy atom. The standard InChI is InChI=1S/C20H33BO5/c1-19(2,22)20(3,4)26-21(23)18-16(24-5)12-9-13-17(18)25-14-15-10-7-6-8-11-15/h9,12-13,15,22-23H,6-8,10-11,14H2,1-5H3. The Kier molecular flexibility index (Phi) is 7.00. The lowest BCUT2D eigenvalue weighted by Crippen LogP contribution is -2.53. The highest BCUT2D eigenvalue weighted by atomic mass is 16.6. The molecule has 0 aromatic heterocycles. The monoisotopic (exact) mass is 364 g/mol. The summed E-state index contributed by atoms with van der Waals surface area (Å²) in [7, 11) is 0.284. The molecule has 0 saturated heterocycles. The predicted octanol–water partition coefficient (Wildman–Crippen LogP) is 2.91. The third kappa shape index (κ3) is 5.15. The van der Waals surface area contributed by atoms with E-state index >= 15 is 0 Å². The van der Waals surface area contributed by atoms with E-state index < -0.39 is 18.3 Å². The Bertz CT molecular complexity index is 576. The van der Waals surface area contributed by atoms with Crippen molar-refractivity contribution < 1.29 is 24.3 Å². The molecule has 1 aliphatic rings. The van der Waals surface area contributed by atoms with Gasteiger partial charge in [-0.25, -0.2) is 0 Å². The van der Waals surface area contributed by atoms with Gasteiger partial charge in [-0.1, -0.05) is 25.3 Å². The van der Waals surface area contributed by atoms with Gasteiger partial charge in [-0.3, -0.25) is 0 Å². The lowest BCUT2D eigenvalue weighted by atomic mass is 9.75. The smallest absolute Gasteiger partial charge is 0.497 e. The highest BCUT2D eigenvalue weighted by Gasteiger charge is 2.41. The van der Waals surface area contributed by atoms with Gasteiger partial charge in [-0.05, 0) is 58.6 Å². The first-order valence-electron chi connectivity index (χ1n) is 9.53. The molecule has 0 aliphatic heterocycles. The number of hydrogen-bond acceptors (Lipinski definition) is 5. The van der Waals surface area contributed by atoms with Gasteiger partial charge in [0.05, 0.1) is 30.4 Å². The Hall–Kier alpha value is -1.24. The maximum atomic E-state index is 10.8. The van der Waals surface area contributed by atoms with Crippen LogP contribution in [0.2, 0.25) is 0 Å². The molecule has 1 saturated carbocycles. The molecule has 0 radical (unpaired) electrons. The minimum Gasteiger partial charge on any atom is -0.497 e. The zero-order valence-electron chi connectivity index (χ0n) is 16.7. The molecule has 1 aromatic carbocycles. The van der Waals surface area contributed by atoms with Crippen molar-refractivity contribution in [3.63, 3.8) is 0 Å². The van der Waals surface area contributed by atoms with E-state index in [1.807, 2.05) is 12.1 Å². The topological polar surface area (TPSA) is 68.2 Å². The number of ether oxygens (including phenoxy) is 2. The van der Waals surface area contributed by atoms with E-state index in [1.54, 1.807) is 40.9 Å². The quantitative estimate of drug-likeness (QED) is 0.695. The minimum atomic E-state index is -1.27. The van der Waals surface area contributed by atoms with E-state index in [0.29, 0.717) is 29.5 Å². The molecule has 2 rings (SSSR count). The second kappa shape index (κ2) is 8.64. The fourth-order valence-electron chi connectivity index (χ4n) is 3.11. The SMILES string of the molecule is COc1cccc(OCC2CCCCC2)c1B(O)OC(C)(C)C(C)(C)O.